The summed E-state index contributed by atoms with van der Waals surface area (Å²) in [5.74, 6) is 0.755. The van der Waals surface area contributed by atoms with Crippen LogP contribution in [0.1, 0.15) is 34.8 Å². The molecule has 27 heavy (non-hydrogen) atoms. The average Bonchev–Trinajstić information content (AvgIpc) is 3.26. The van der Waals surface area contributed by atoms with Gasteiger partial charge in [-0.05, 0) is 30.3 Å². The number of likely N-dealkylation sites (tertiary alicyclic amines) is 1. The van der Waals surface area contributed by atoms with E-state index in [1.807, 2.05) is 30.3 Å². The van der Waals surface area contributed by atoms with Crippen LogP contribution in [-0.2, 0) is 4.79 Å². The summed E-state index contributed by atoms with van der Waals surface area (Å²) in [5.41, 5.74) is 2.29. The van der Waals surface area contributed by atoms with Crippen LogP contribution in [0.15, 0.2) is 42.5 Å². The fourth-order valence-electron chi connectivity index (χ4n) is 4.20. The zero-order valence-corrected chi connectivity index (χ0v) is 15.5. The first-order valence-electron chi connectivity index (χ1n) is 9.15. The zero-order chi connectivity index (χ0) is 19.0. The van der Waals surface area contributed by atoms with Crippen LogP contribution < -0.4 is 19.3 Å². The van der Waals surface area contributed by atoms with Crippen LogP contribution in [-0.4, -0.2) is 39.1 Å². The van der Waals surface area contributed by atoms with Gasteiger partial charge in [0.2, 0.25) is 0 Å². The zero-order valence-electron chi connectivity index (χ0n) is 15.5. The number of nitrogens with zero attached hydrogens (tertiary/aromatic N) is 1. The van der Waals surface area contributed by atoms with E-state index in [4.69, 9.17) is 9.47 Å². The normalized spacial score (nSPS) is 21.5. The highest BCUT2D eigenvalue weighted by atomic mass is 16.5. The van der Waals surface area contributed by atoms with Gasteiger partial charge < -0.3 is 14.4 Å². The maximum absolute atomic E-state index is 12.5. The highest BCUT2D eigenvalue weighted by Gasteiger charge is 2.41. The number of Topliss-reactive ketones (excluding diaryl/α,β-unsaturated/α-hetero) is 1. The molecule has 1 fully saturated rings. The lowest BCUT2D eigenvalue weighted by Crippen LogP contribution is -3.12. The maximum atomic E-state index is 12.5. The molecule has 0 radical (unpaired) electrons. The van der Waals surface area contributed by atoms with E-state index in [2.05, 4.69) is 0 Å². The number of quaternary nitrogens is 1. The molecule has 1 amide bonds. The van der Waals surface area contributed by atoms with E-state index in [0.29, 0.717) is 17.9 Å². The number of ether oxygens (including phenoxy) is 2. The molecule has 6 nitrogen and oxygen atoms in total. The number of benzene rings is 2. The molecule has 0 bridgehead atoms. The van der Waals surface area contributed by atoms with Crippen molar-refractivity contribution in [1.82, 2.24) is 0 Å². The van der Waals surface area contributed by atoms with E-state index in [9.17, 15) is 9.59 Å². The summed E-state index contributed by atoms with van der Waals surface area (Å²) < 4.78 is 11.0. The Kier molecular flexibility index (Phi) is 4.58. The van der Waals surface area contributed by atoms with Crippen LogP contribution in [0.5, 0.6) is 11.5 Å². The molecule has 1 unspecified atom stereocenters. The highest BCUT2D eigenvalue weighted by Crippen LogP contribution is 2.32. The van der Waals surface area contributed by atoms with Crippen molar-refractivity contribution >= 4 is 17.4 Å². The van der Waals surface area contributed by atoms with E-state index in [-0.39, 0.29) is 6.04 Å². The molecule has 0 spiro atoms. The minimum Gasteiger partial charge on any atom is -0.497 e. The number of para-hydroxylation sites is 1. The number of carbonyl (C=O) groups is 2. The Morgan fingerprint density at radius 2 is 1.93 bits per heavy atom. The van der Waals surface area contributed by atoms with Gasteiger partial charge in [-0.25, -0.2) is 0 Å². The summed E-state index contributed by atoms with van der Waals surface area (Å²) in [6.45, 7) is 1.40. The first-order valence-corrected chi connectivity index (χ1v) is 9.15. The van der Waals surface area contributed by atoms with Crippen molar-refractivity contribution in [2.24, 2.45) is 0 Å². The third-order valence-electron chi connectivity index (χ3n) is 5.54. The van der Waals surface area contributed by atoms with Gasteiger partial charge in [0.15, 0.2) is 6.67 Å². The molecule has 2 aromatic rings. The third-order valence-corrected chi connectivity index (χ3v) is 5.54. The fourth-order valence-corrected chi connectivity index (χ4v) is 4.20. The van der Waals surface area contributed by atoms with E-state index in [1.165, 1.54) is 4.90 Å². The first kappa shape index (κ1) is 17.5. The molecule has 2 aromatic carbocycles. The molecule has 2 aliphatic heterocycles. The van der Waals surface area contributed by atoms with E-state index < -0.39 is 11.7 Å². The Hall–Kier alpha value is -2.86. The molecule has 2 heterocycles. The molecule has 1 saturated heterocycles. The quantitative estimate of drug-likeness (QED) is 0.816. The van der Waals surface area contributed by atoms with Crippen molar-refractivity contribution in [1.29, 1.82) is 0 Å². The van der Waals surface area contributed by atoms with Crippen molar-refractivity contribution < 1.29 is 24.0 Å². The van der Waals surface area contributed by atoms with Crippen LogP contribution in [0.25, 0.3) is 0 Å². The van der Waals surface area contributed by atoms with Gasteiger partial charge in [0.1, 0.15) is 17.5 Å². The highest BCUT2D eigenvalue weighted by molar-refractivity contribution is 6.52. The largest absolute Gasteiger partial charge is 0.497 e. The van der Waals surface area contributed by atoms with Gasteiger partial charge in [-0.15, -0.1) is 0 Å². The second-order valence-corrected chi connectivity index (χ2v) is 6.95. The summed E-state index contributed by atoms with van der Waals surface area (Å²) in [5, 5.41) is 0. The van der Waals surface area contributed by atoms with E-state index in [1.54, 1.807) is 31.3 Å². The second-order valence-electron chi connectivity index (χ2n) is 6.95. The van der Waals surface area contributed by atoms with Crippen molar-refractivity contribution in [2.45, 2.75) is 18.9 Å². The van der Waals surface area contributed by atoms with Gasteiger partial charge >= 0.3 is 5.91 Å². The fraction of sp³-hybridized carbons (Fsp3) is 0.333. The number of anilines is 1. The van der Waals surface area contributed by atoms with Gasteiger partial charge in [0.25, 0.3) is 5.78 Å². The Morgan fingerprint density at radius 3 is 2.70 bits per heavy atom. The van der Waals surface area contributed by atoms with Crippen LogP contribution in [0, 0.1) is 0 Å². The van der Waals surface area contributed by atoms with Crippen molar-refractivity contribution in [3.05, 3.63) is 53.6 Å². The lowest BCUT2D eigenvalue weighted by molar-refractivity contribution is -0.917. The topological polar surface area (TPSA) is 60.3 Å². The van der Waals surface area contributed by atoms with Gasteiger partial charge in [-0.1, -0.05) is 12.1 Å². The lowest BCUT2D eigenvalue weighted by atomic mass is 10.0. The Balaban J connectivity index is 1.64. The number of ketones is 1. The molecule has 0 saturated carbocycles. The van der Waals surface area contributed by atoms with Gasteiger partial charge in [-0.2, -0.15) is 0 Å². The molecular weight excluding hydrogens is 344 g/mol. The van der Waals surface area contributed by atoms with Crippen molar-refractivity contribution in [3.63, 3.8) is 0 Å². The number of hydrogen-bond acceptors (Lipinski definition) is 4. The minimum atomic E-state index is -0.438. The number of methoxy groups -OCH3 is 2. The Morgan fingerprint density at radius 1 is 1.11 bits per heavy atom. The molecule has 0 aliphatic carbocycles. The van der Waals surface area contributed by atoms with E-state index >= 15 is 0 Å². The number of carbonyl (C=O) groups excluding carboxylic acids is 2. The lowest BCUT2D eigenvalue weighted by Gasteiger charge is -2.27. The minimum absolute atomic E-state index is 0.186. The maximum Gasteiger partial charge on any atom is 0.303 e. The summed E-state index contributed by atoms with van der Waals surface area (Å²) in [7, 11) is 3.31. The number of amides is 1. The van der Waals surface area contributed by atoms with Crippen LogP contribution in [0.4, 0.5) is 5.69 Å². The summed E-state index contributed by atoms with van der Waals surface area (Å²) in [6.07, 6.45) is 2.05. The predicted molar refractivity (Wildman–Crippen MR) is 100 cm³/mol. The monoisotopic (exact) mass is 367 g/mol. The number of nitrogens with one attached hydrogen (secondary N) is 1. The predicted octanol–water partition coefficient (Wildman–Crippen LogP) is 1.61. The van der Waals surface area contributed by atoms with Gasteiger partial charge in [0.05, 0.1) is 37.6 Å². The van der Waals surface area contributed by atoms with E-state index in [0.717, 1.165) is 36.4 Å². The molecule has 140 valence electrons. The smallest absolute Gasteiger partial charge is 0.303 e. The molecule has 2 atom stereocenters. The van der Waals surface area contributed by atoms with Crippen molar-refractivity contribution in [2.75, 3.05) is 32.3 Å². The second kappa shape index (κ2) is 7.04. The number of rotatable bonds is 5. The van der Waals surface area contributed by atoms with Crippen molar-refractivity contribution in [3.8, 4) is 11.5 Å². The average molecular weight is 367 g/mol. The SMILES string of the molecule is COc1ccc(OC)c([C@@H]2CCC[NH+]2CN2C(=O)C(=O)c3ccccc32)c1. The molecule has 4 rings (SSSR count). The third kappa shape index (κ3) is 2.96. The molecule has 1 N–H and O–H groups in total. The Labute approximate surface area is 158 Å². The van der Waals surface area contributed by atoms with Crippen LogP contribution >= 0.6 is 0 Å². The van der Waals surface area contributed by atoms with Gasteiger partial charge in [0, 0.05) is 12.8 Å². The standard InChI is InChI=1S/C21H22N2O4/c1-26-14-9-10-19(27-2)16(12-14)17-8-5-11-22(17)13-23-18-7-4-3-6-15(18)20(24)21(23)25/h3-4,6-7,9-10,12,17H,5,8,11,13H2,1-2H3/p+1/t17-/m0/s1. The Bertz CT molecular complexity index is 896. The molecule has 6 heteroatoms. The first-order chi connectivity index (χ1) is 13.1. The number of hydrogen-bond donors (Lipinski definition) is 1. The molecule has 0 aromatic heterocycles. The molecular formula is C21H23N2O4+. The van der Waals surface area contributed by atoms with Gasteiger partial charge in [-0.3, -0.25) is 14.5 Å². The summed E-state index contributed by atoms with van der Waals surface area (Å²) in [4.78, 5) is 27.7. The number of fused-ring (bicyclic) bond motifs is 1. The summed E-state index contributed by atoms with van der Waals surface area (Å²) in [6, 6.07) is 13.2. The molecule has 2 aliphatic rings. The van der Waals surface area contributed by atoms with Crippen LogP contribution in [0.3, 0.4) is 0 Å². The van der Waals surface area contributed by atoms with Crippen LogP contribution in [0.2, 0.25) is 0 Å². The summed E-state index contributed by atoms with van der Waals surface area (Å²) >= 11 is 0.